The third-order valence-electron chi connectivity index (χ3n) is 8.25. The zero-order valence-electron chi connectivity index (χ0n) is 24.0. The number of benzene rings is 2. The second-order valence-electron chi connectivity index (χ2n) is 10.9. The summed E-state index contributed by atoms with van der Waals surface area (Å²) in [6, 6.07) is 13.5. The highest BCUT2D eigenvalue weighted by Crippen LogP contribution is 2.39. The molecule has 0 radical (unpaired) electrons. The molecule has 216 valence electrons. The fourth-order valence-corrected chi connectivity index (χ4v) is 7.73. The van der Waals surface area contributed by atoms with Gasteiger partial charge in [-0.15, -0.1) is 11.8 Å². The number of unbranched alkanes of at least 4 members (excludes halogenated alkanes) is 1. The first-order valence-corrected chi connectivity index (χ1v) is 17.2. The number of rotatable bonds is 9. The van der Waals surface area contributed by atoms with E-state index in [0.29, 0.717) is 18.4 Å². The van der Waals surface area contributed by atoms with Crippen LogP contribution in [0.15, 0.2) is 63.3 Å². The van der Waals surface area contributed by atoms with Gasteiger partial charge in [0.05, 0.1) is 22.7 Å². The largest absolute Gasteiger partial charge is 0.494 e. The summed E-state index contributed by atoms with van der Waals surface area (Å²) in [4.78, 5) is 13.6. The molecule has 0 saturated carbocycles. The van der Waals surface area contributed by atoms with E-state index in [9.17, 15) is 8.42 Å². The number of aromatic nitrogens is 1. The van der Waals surface area contributed by atoms with Crippen LogP contribution in [-0.2, 0) is 9.84 Å². The SMILES string of the molecule is CCCCOc1ccc(S(=O)(=O)c2cnc3ccc(SC)cc3c2N2CCC(N3CCCN(C)CC3)CC2)cc1. The van der Waals surface area contributed by atoms with E-state index in [2.05, 4.69) is 45.8 Å². The molecule has 0 amide bonds. The van der Waals surface area contributed by atoms with Gasteiger partial charge in [0.2, 0.25) is 9.84 Å². The van der Waals surface area contributed by atoms with Gasteiger partial charge >= 0.3 is 0 Å². The Morgan fingerprint density at radius 3 is 2.50 bits per heavy atom. The van der Waals surface area contributed by atoms with Gasteiger partial charge in [-0.2, -0.15) is 0 Å². The van der Waals surface area contributed by atoms with Crippen LogP contribution in [0.2, 0.25) is 0 Å². The van der Waals surface area contributed by atoms with Gasteiger partial charge in [0, 0.05) is 48.7 Å². The number of pyridine rings is 1. The van der Waals surface area contributed by atoms with Gasteiger partial charge in [0.15, 0.2) is 0 Å². The molecule has 2 aliphatic rings. The molecule has 40 heavy (non-hydrogen) atoms. The van der Waals surface area contributed by atoms with E-state index in [1.807, 2.05) is 12.3 Å². The highest BCUT2D eigenvalue weighted by molar-refractivity contribution is 7.98. The number of sulfone groups is 1. The molecule has 3 aromatic rings. The molecule has 0 aliphatic carbocycles. The van der Waals surface area contributed by atoms with Gasteiger partial charge in [-0.3, -0.25) is 9.88 Å². The number of fused-ring (bicyclic) bond motifs is 1. The number of hydrogen-bond donors (Lipinski definition) is 0. The molecule has 0 unspecified atom stereocenters. The highest BCUT2D eigenvalue weighted by Gasteiger charge is 2.31. The molecule has 0 spiro atoms. The Bertz CT molecular complexity index is 1390. The molecular weight excluding hydrogens is 541 g/mol. The quantitative estimate of drug-likeness (QED) is 0.240. The predicted molar refractivity (Wildman–Crippen MR) is 165 cm³/mol. The van der Waals surface area contributed by atoms with Crippen molar-refractivity contribution in [3.8, 4) is 5.75 Å². The third-order valence-corrected chi connectivity index (χ3v) is 10.8. The average molecular weight is 583 g/mol. The Morgan fingerprint density at radius 1 is 1.00 bits per heavy atom. The predicted octanol–water partition coefficient (Wildman–Crippen LogP) is 5.57. The van der Waals surface area contributed by atoms with Gasteiger partial charge < -0.3 is 14.5 Å². The van der Waals surface area contributed by atoms with Crippen LogP contribution in [0.4, 0.5) is 5.69 Å². The van der Waals surface area contributed by atoms with Crippen molar-refractivity contribution in [3.05, 3.63) is 48.7 Å². The Hall–Kier alpha value is -2.33. The molecule has 7 nitrogen and oxygen atoms in total. The van der Waals surface area contributed by atoms with Crippen LogP contribution in [0, 0.1) is 0 Å². The molecule has 2 aromatic carbocycles. The van der Waals surface area contributed by atoms with Crippen LogP contribution in [0.5, 0.6) is 5.75 Å². The Kier molecular flexibility index (Phi) is 9.56. The lowest BCUT2D eigenvalue weighted by atomic mass is 10.0. The molecular formula is C31H42N4O3S2. The van der Waals surface area contributed by atoms with E-state index in [1.165, 1.54) is 6.42 Å². The van der Waals surface area contributed by atoms with Crippen molar-refractivity contribution in [3.63, 3.8) is 0 Å². The van der Waals surface area contributed by atoms with E-state index in [4.69, 9.17) is 4.74 Å². The molecule has 0 bridgehead atoms. The van der Waals surface area contributed by atoms with Crippen LogP contribution >= 0.6 is 11.8 Å². The Morgan fingerprint density at radius 2 is 1.77 bits per heavy atom. The molecule has 2 fully saturated rings. The summed E-state index contributed by atoms with van der Waals surface area (Å²) >= 11 is 1.66. The fraction of sp³-hybridized carbons (Fsp3) is 0.516. The molecule has 5 rings (SSSR count). The second-order valence-corrected chi connectivity index (χ2v) is 13.7. The number of anilines is 1. The maximum absolute atomic E-state index is 14.1. The van der Waals surface area contributed by atoms with E-state index in [1.54, 1.807) is 42.2 Å². The number of nitrogens with zero attached hydrogens (tertiary/aromatic N) is 4. The molecule has 1 aromatic heterocycles. The zero-order chi connectivity index (χ0) is 28.1. The summed E-state index contributed by atoms with van der Waals surface area (Å²) in [5.41, 5.74) is 1.61. The first-order chi connectivity index (χ1) is 19.4. The van der Waals surface area contributed by atoms with E-state index in [-0.39, 0.29) is 9.79 Å². The summed E-state index contributed by atoms with van der Waals surface area (Å²) in [6.07, 6.45) is 8.88. The van der Waals surface area contributed by atoms with Crippen LogP contribution in [0.25, 0.3) is 10.9 Å². The van der Waals surface area contributed by atoms with Crippen LogP contribution in [-0.4, -0.2) is 88.4 Å². The summed E-state index contributed by atoms with van der Waals surface area (Å²) in [7, 11) is -1.59. The average Bonchev–Trinajstić information content (AvgIpc) is 3.21. The fourth-order valence-electron chi connectivity index (χ4n) is 5.85. The number of thioether (sulfide) groups is 1. The lowest BCUT2D eigenvalue weighted by molar-refractivity contribution is 0.174. The van der Waals surface area contributed by atoms with Crippen molar-refractivity contribution in [1.29, 1.82) is 0 Å². The lowest BCUT2D eigenvalue weighted by Crippen LogP contribution is -2.46. The number of likely N-dealkylation sites (N-methyl/N-ethyl adjacent to an activating group) is 1. The minimum absolute atomic E-state index is 0.266. The van der Waals surface area contributed by atoms with Gasteiger partial charge in [-0.05, 0) is 94.5 Å². The molecule has 2 saturated heterocycles. The molecule has 0 N–H and O–H groups in total. The maximum Gasteiger partial charge on any atom is 0.210 e. The molecule has 3 heterocycles. The second kappa shape index (κ2) is 13.1. The maximum atomic E-state index is 14.1. The molecule has 0 atom stereocenters. The first kappa shape index (κ1) is 29.2. The van der Waals surface area contributed by atoms with Crippen molar-refractivity contribution in [2.24, 2.45) is 0 Å². The van der Waals surface area contributed by atoms with Gasteiger partial charge in [0.25, 0.3) is 0 Å². The third kappa shape index (κ3) is 6.43. The Balaban J connectivity index is 1.46. The number of hydrogen-bond acceptors (Lipinski definition) is 8. The smallest absolute Gasteiger partial charge is 0.210 e. The summed E-state index contributed by atoms with van der Waals surface area (Å²) < 4.78 is 34.0. The summed E-state index contributed by atoms with van der Waals surface area (Å²) in [6.45, 7) is 8.91. The lowest BCUT2D eigenvalue weighted by Gasteiger charge is -2.40. The normalized spacial score (nSPS) is 18.2. The monoisotopic (exact) mass is 582 g/mol. The van der Waals surface area contributed by atoms with Crippen LogP contribution in [0.1, 0.15) is 39.0 Å². The van der Waals surface area contributed by atoms with Gasteiger partial charge in [0.1, 0.15) is 10.6 Å². The van der Waals surface area contributed by atoms with Gasteiger partial charge in [-0.25, -0.2) is 8.42 Å². The summed E-state index contributed by atoms with van der Waals surface area (Å²) in [5, 5.41) is 0.905. The van der Waals surface area contributed by atoms with Crippen molar-refractivity contribution in [2.75, 3.05) is 64.1 Å². The van der Waals surface area contributed by atoms with E-state index in [0.717, 1.165) is 86.4 Å². The molecule has 9 heteroatoms. The zero-order valence-corrected chi connectivity index (χ0v) is 25.6. The minimum Gasteiger partial charge on any atom is -0.494 e. The first-order valence-electron chi connectivity index (χ1n) is 14.5. The standard InChI is InChI=1S/C31H42N4O3S2/c1-4-5-21-38-25-7-10-27(11-8-25)40(36,37)30-23-32-29-12-9-26(39-3)22-28(29)31(30)35-17-13-24(14-18-35)34-16-6-15-33(2)19-20-34/h7-12,22-24H,4-6,13-21H2,1-3H3. The minimum atomic E-state index is -3.80. The van der Waals surface area contributed by atoms with Crippen LogP contribution in [0.3, 0.4) is 0 Å². The van der Waals surface area contributed by atoms with E-state index >= 15 is 0 Å². The highest BCUT2D eigenvalue weighted by atomic mass is 32.2. The molecule has 2 aliphatic heterocycles. The van der Waals surface area contributed by atoms with Crippen molar-refractivity contribution < 1.29 is 13.2 Å². The number of piperidine rings is 1. The number of ether oxygens (including phenoxy) is 1. The summed E-state index contributed by atoms with van der Waals surface area (Å²) in [5.74, 6) is 0.690. The topological polar surface area (TPSA) is 66.0 Å². The van der Waals surface area contributed by atoms with E-state index < -0.39 is 9.84 Å². The van der Waals surface area contributed by atoms with Crippen molar-refractivity contribution in [1.82, 2.24) is 14.8 Å². The van der Waals surface area contributed by atoms with Gasteiger partial charge in [-0.1, -0.05) is 13.3 Å². The Labute approximate surface area is 243 Å². The van der Waals surface area contributed by atoms with Crippen LogP contribution < -0.4 is 9.64 Å². The van der Waals surface area contributed by atoms with Crippen molar-refractivity contribution >= 4 is 38.2 Å². The van der Waals surface area contributed by atoms with Crippen molar-refractivity contribution in [2.45, 2.75) is 59.8 Å².